The second kappa shape index (κ2) is 26.8. The zero-order chi connectivity index (χ0) is 56.3. The molecule has 6 aromatic heterocycles. The minimum absolute atomic E-state index is 0. The molecule has 4 saturated heterocycles. The van der Waals surface area contributed by atoms with E-state index in [2.05, 4.69) is 110 Å². The van der Waals surface area contributed by atoms with Crippen molar-refractivity contribution in [1.82, 2.24) is 59.7 Å². The van der Waals surface area contributed by atoms with E-state index in [9.17, 15) is 28.8 Å². The topological polar surface area (TPSA) is 275 Å². The highest BCUT2D eigenvalue weighted by atomic mass is 79.9. The number of nitrogens with one attached hydrogen (secondary N) is 3. The van der Waals surface area contributed by atoms with Crippen LogP contribution in [0.25, 0.3) is 44.1 Å². The number of carbonyl (C=O) groups is 6. The van der Waals surface area contributed by atoms with E-state index in [1.165, 1.54) is 18.5 Å². The van der Waals surface area contributed by atoms with Crippen molar-refractivity contribution < 1.29 is 33.9 Å². The first-order valence-corrected chi connectivity index (χ1v) is 27.7. The molecule has 4 N–H and O–H groups in total. The molecule has 0 spiro atoms. The van der Waals surface area contributed by atoms with Gasteiger partial charge in [-0.15, -0.1) is 0 Å². The van der Waals surface area contributed by atoms with Gasteiger partial charge in [0.2, 0.25) is 11.8 Å². The number of amides is 3. The second-order valence-corrected chi connectivity index (χ2v) is 21.3. The van der Waals surface area contributed by atoms with Crippen molar-refractivity contribution in [3.63, 3.8) is 0 Å². The number of hydrogen-bond donors (Lipinski definition) is 4. The van der Waals surface area contributed by atoms with Crippen molar-refractivity contribution in [3.05, 3.63) is 130 Å². The smallest absolute Gasteiger partial charge is 0.325 e. The number of halogens is 2. The summed E-state index contributed by atoms with van der Waals surface area (Å²) in [7, 11) is 0. The monoisotopic (exact) mass is 1290 g/mol. The largest absolute Gasteiger partial charge is 0.480 e. The van der Waals surface area contributed by atoms with Crippen molar-refractivity contribution in [3.8, 4) is 22.3 Å². The van der Waals surface area contributed by atoms with Gasteiger partial charge in [0.15, 0.2) is 11.6 Å². The number of Topliss-reactive ketones (excluding diaryl/α,β-unsaturated/α-hetero) is 2. The standard InChI is InChI=1S/C27H24BrN7O3.C16H14N4O3.C11H12BrN3O.2CH4.S2.H2S/c1-15(36)25-20-8-18(19-11-29-16(2)30-12-19)6-7-21(20)35(33-25)14-24(37)34-13-17-9-27(34,10-17)26(38)32-23-5-3-4-22(28)31-23;1-9(21)16-13-5-11(12-6-17-10(2)18-7-12)3-4-14(13)20(19-16)8-15(22)23;12-8-2-1-3-9(14-8)15-10(16)11-4-7(5-11)6-13-11;;;1-2;/h3-8,11-12,17H,9-10,13-14H2,1-2H3,(H,31,32,38);3-7H,8H2,1-2H3,(H,22,23);1-3,7,13H,4-6H2,(H,14,15,16);2*1H4;;1H2. The molecule has 6 fully saturated rings. The molecule has 0 radical (unpaired) electrons. The molecule has 4 aliphatic heterocycles. The molecule has 4 bridgehead atoms. The molecule has 2 aromatic carbocycles. The highest BCUT2D eigenvalue weighted by molar-refractivity contribution is 9.10. The predicted octanol–water partition coefficient (Wildman–Crippen LogP) is 8.80. The Morgan fingerprint density at radius 1 is 0.646 bits per heavy atom. The van der Waals surface area contributed by atoms with Crippen LogP contribution in [-0.4, -0.2) is 119 Å². The number of ketones is 2. The molecule has 2 aliphatic carbocycles. The van der Waals surface area contributed by atoms with Crippen LogP contribution in [0.3, 0.4) is 0 Å². The van der Waals surface area contributed by atoms with Gasteiger partial charge >= 0.3 is 5.97 Å². The van der Waals surface area contributed by atoms with E-state index in [1.54, 1.807) is 71.6 Å². The Hall–Kier alpha value is -7.23. The van der Waals surface area contributed by atoms with Crippen molar-refractivity contribution in [1.29, 1.82) is 0 Å². The molecule has 82 heavy (non-hydrogen) atoms. The first kappa shape index (κ1) is 63.9. The first-order valence-electron chi connectivity index (χ1n) is 24.8. The molecule has 3 amide bonds. The molecule has 0 atom stereocenters. The van der Waals surface area contributed by atoms with E-state index >= 15 is 0 Å². The number of aromatic nitrogens is 10. The van der Waals surface area contributed by atoms with Crippen LogP contribution in [0.15, 0.2) is 107 Å². The van der Waals surface area contributed by atoms with Gasteiger partial charge in [0.05, 0.1) is 16.6 Å². The number of aryl methyl sites for hydroxylation is 2. The number of carboxylic acids is 1. The van der Waals surface area contributed by atoms with Gasteiger partial charge in [0, 0.05) is 89.5 Å². The van der Waals surface area contributed by atoms with Crippen LogP contribution >= 0.6 is 45.4 Å². The number of fused-ring (bicyclic) bond motifs is 4. The SMILES string of the molecule is C.C.CC(=O)c1nn(CC(=O)N2CC3CC2(C(=O)Nc2cccc(Br)n2)C3)c2ccc(-c3cnc(C)nc3)cc12.CC(=O)c1nn(CC(=O)O)c2ccc(-c3cnc(C)nc3)cc12.O=C(Nc1cccc(Br)n1)C12CC(CN1)C2.S.S=S. The van der Waals surface area contributed by atoms with Crippen molar-refractivity contribution in [2.24, 2.45) is 11.8 Å². The van der Waals surface area contributed by atoms with Crippen LogP contribution in [0, 0.1) is 25.7 Å². The summed E-state index contributed by atoms with van der Waals surface area (Å²) in [5.41, 5.74) is 3.96. The Morgan fingerprint density at radius 2 is 1.10 bits per heavy atom. The minimum atomic E-state index is -1.01. The highest BCUT2D eigenvalue weighted by Gasteiger charge is 2.62. The molecular formula is C56H60Br2N14O7S3. The molecule has 6 aliphatic rings. The van der Waals surface area contributed by atoms with Crippen LogP contribution in [0.4, 0.5) is 11.6 Å². The molecular weight excluding hydrogens is 1240 g/mol. The Balaban J connectivity index is 0.000000210. The number of pyridine rings is 2. The van der Waals surface area contributed by atoms with E-state index in [0.717, 1.165) is 46.2 Å². The summed E-state index contributed by atoms with van der Waals surface area (Å²) in [5.74, 6) is 1.55. The number of nitrogens with zero attached hydrogens (tertiary/aromatic N) is 11. The van der Waals surface area contributed by atoms with Crippen molar-refractivity contribution in [2.75, 3.05) is 23.7 Å². The van der Waals surface area contributed by atoms with Gasteiger partial charge < -0.3 is 26.0 Å². The van der Waals surface area contributed by atoms with E-state index in [1.807, 2.05) is 49.4 Å². The molecule has 8 aromatic rings. The van der Waals surface area contributed by atoms with E-state index < -0.39 is 11.5 Å². The maximum Gasteiger partial charge on any atom is 0.325 e. The third-order valence-electron chi connectivity index (χ3n) is 14.3. The maximum atomic E-state index is 13.6. The van der Waals surface area contributed by atoms with Crippen LogP contribution in [0.5, 0.6) is 0 Å². The summed E-state index contributed by atoms with van der Waals surface area (Å²) in [5, 5.41) is 27.9. The number of rotatable bonds is 12. The van der Waals surface area contributed by atoms with Gasteiger partial charge in [-0.2, -0.15) is 23.7 Å². The molecule has 21 nitrogen and oxygen atoms in total. The normalized spacial score (nSPS) is 18.3. The average molecular weight is 1300 g/mol. The minimum Gasteiger partial charge on any atom is -0.480 e. The van der Waals surface area contributed by atoms with E-state index in [4.69, 9.17) is 5.11 Å². The van der Waals surface area contributed by atoms with Crippen molar-refractivity contribution >= 4 is 136 Å². The maximum absolute atomic E-state index is 13.6. The van der Waals surface area contributed by atoms with Crippen LogP contribution < -0.4 is 16.0 Å². The fourth-order valence-electron chi connectivity index (χ4n) is 10.5. The molecule has 0 unspecified atom stereocenters. The first-order chi connectivity index (χ1) is 37.9. The third kappa shape index (κ3) is 13.5. The molecule has 2 saturated carbocycles. The zero-order valence-electron chi connectivity index (χ0n) is 43.4. The van der Waals surface area contributed by atoms with Gasteiger partial charge in [0.1, 0.15) is 62.5 Å². The number of carboxylic acid groups (broad SMARTS) is 1. The molecule has 14 rings (SSSR count). The third-order valence-corrected chi connectivity index (χ3v) is 15.1. The summed E-state index contributed by atoms with van der Waals surface area (Å²) < 4.78 is 4.22. The highest BCUT2D eigenvalue weighted by Crippen LogP contribution is 2.51. The predicted molar refractivity (Wildman–Crippen MR) is 329 cm³/mol. The summed E-state index contributed by atoms with van der Waals surface area (Å²) in [6, 6.07) is 21.8. The second-order valence-electron chi connectivity index (χ2n) is 19.7. The Morgan fingerprint density at radius 3 is 1.51 bits per heavy atom. The number of carbonyl (C=O) groups excluding carboxylic acids is 5. The lowest BCUT2D eigenvalue weighted by molar-refractivity contribution is -0.143. The van der Waals surface area contributed by atoms with Gasteiger partial charge in [-0.3, -0.25) is 38.1 Å². The van der Waals surface area contributed by atoms with E-state index in [0.29, 0.717) is 86.6 Å². The Kier molecular flexibility index (Phi) is 20.9. The quantitative estimate of drug-likeness (QED) is 0.0657. The number of anilines is 2. The van der Waals surface area contributed by atoms with Gasteiger partial charge in [0.25, 0.3) is 5.91 Å². The van der Waals surface area contributed by atoms with E-state index in [-0.39, 0.29) is 82.0 Å². The summed E-state index contributed by atoms with van der Waals surface area (Å²) in [4.78, 5) is 101. The van der Waals surface area contributed by atoms with Gasteiger partial charge in [-0.1, -0.05) is 39.1 Å². The Bertz CT molecular complexity index is 3700. The Labute approximate surface area is 506 Å². The molecule has 10 heterocycles. The lowest BCUT2D eigenvalue weighted by atomic mass is 9.72. The summed E-state index contributed by atoms with van der Waals surface area (Å²) >= 11 is 13.9. The number of aliphatic carboxylic acids is 1. The fourth-order valence-corrected chi connectivity index (χ4v) is 11.2. The lowest BCUT2D eigenvalue weighted by Crippen LogP contribution is -2.57. The van der Waals surface area contributed by atoms with Gasteiger partial charge in [-0.05, 0) is 149 Å². The molecule has 428 valence electrons. The lowest BCUT2D eigenvalue weighted by Gasteiger charge is -2.40. The summed E-state index contributed by atoms with van der Waals surface area (Å²) in [6.07, 6.45) is 10.1. The summed E-state index contributed by atoms with van der Waals surface area (Å²) in [6.45, 7) is 7.61. The molecule has 26 heteroatoms. The van der Waals surface area contributed by atoms with Crippen molar-refractivity contribution in [2.45, 2.75) is 92.4 Å². The van der Waals surface area contributed by atoms with Crippen LogP contribution in [0.2, 0.25) is 0 Å². The fraction of sp³-hybridized carbons (Fsp3) is 0.321. The average Bonchev–Trinajstić information content (AvgIpc) is 4.47. The van der Waals surface area contributed by atoms with Gasteiger partial charge in [-0.25, -0.2) is 29.9 Å². The number of benzene rings is 2. The zero-order valence-corrected chi connectivity index (χ0v) is 49.2. The van der Waals surface area contributed by atoms with Crippen LogP contribution in [-0.2, 0) is 54.6 Å². The van der Waals surface area contributed by atoms with Crippen LogP contribution in [0.1, 0.15) is 87.0 Å². The number of hydrogen-bond acceptors (Lipinski definition) is 17.